The average Bonchev–Trinajstić information content (AvgIpc) is 2.47. The van der Waals surface area contributed by atoms with Gasteiger partial charge in [0.25, 0.3) is 0 Å². The van der Waals surface area contributed by atoms with Gasteiger partial charge >= 0.3 is 5.97 Å². The molecule has 0 aliphatic carbocycles. The van der Waals surface area contributed by atoms with E-state index in [1.807, 2.05) is 30.3 Å². The molecule has 0 atom stereocenters. The third-order valence-corrected chi connectivity index (χ3v) is 2.73. The van der Waals surface area contributed by atoms with Crippen molar-refractivity contribution in [2.45, 2.75) is 6.92 Å². The lowest BCUT2D eigenvalue weighted by molar-refractivity contribution is -0.137. The molecule has 20 heavy (non-hydrogen) atoms. The Balaban J connectivity index is 2.26. The standard InChI is InChI=1S/C16H14O4/c1-2-19-16(18)9-10-20-15-8-7-12-5-3-4-6-13(12)14(15)11-17/h3-11H,2H2,1H3. The van der Waals surface area contributed by atoms with Crippen molar-refractivity contribution in [3.05, 3.63) is 54.3 Å². The molecular formula is C16H14O4. The zero-order valence-corrected chi connectivity index (χ0v) is 11.0. The maximum Gasteiger partial charge on any atom is 0.333 e. The molecule has 0 spiro atoms. The first-order valence-electron chi connectivity index (χ1n) is 6.23. The van der Waals surface area contributed by atoms with E-state index in [4.69, 9.17) is 9.47 Å². The van der Waals surface area contributed by atoms with E-state index < -0.39 is 5.97 Å². The second kappa shape index (κ2) is 6.52. The largest absolute Gasteiger partial charge is 0.464 e. The number of rotatable bonds is 5. The van der Waals surface area contributed by atoms with E-state index >= 15 is 0 Å². The van der Waals surface area contributed by atoms with Crippen LogP contribution in [0.4, 0.5) is 0 Å². The van der Waals surface area contributed by atoms with Crippen LogP contribution in [0.15, 0.2) is 48.7 Å². The van der Waals surface area contributed by atoms with Crippen LogP contribution >= 0.6 is 0 Å². The Hall–Kier alpha value is -2.62. The van der Waals surface area contributed by atoms with Gasteiger partial charge in [-0.15, -0.1) is 0 Å². The quantitative estimate of drug-likeness (QED) is 0.362. The Bertz CT molecular complexity index is 659. The van der Waals surface area contributed by atoms with Crippen LogP contribution in [0, 0.1) is 0 Å². The minimum atomic E-state index is -0.485. The molecule has 0 N–H and O–H groups in total. The molecule has 0 aromatic heterocycles. The molecule has 102 valence electrons. The Morgan fingerprint density at radius 1 is 1.20 bits per heavy atom. The van der Waals surface area contributed by atoms with Gasteiger partial charge in [0.2, 0.25) is 0 Å². The Kier molecular flexibility index (Phi) is 4.50. The van der Waals surface area contributed by atoms with Crippen molar-refractivity contribution in [2.75, 3.05) is 6.61 Å². The number of fused-ring (bicyclic) bond motifs is 1. The monoisotopic (exact) mass is 270 g/mol. The highest BCUT2D eigenvalue weighted by molar-refractivity contribution is 6.00. The van der Waals surface area contributed by atoms with E-state index in [-0.39, 0.29) is 0 Å². The van der Waals surface area contributed by atoms with Crippen molar-refractivity contribution < 1.29 is 19.1 Å². The first-order chi connectivity index (χ1) is 9.76. The third-order valence-electron chi connectivity index (χ3n) is 2.73. The van der Waals surface area contributed by atoms with Gasteiger partial charge in [0.15, 0.2) is 6.29 Å². The van der Waals surface area contributed by atoms with Gasteiger partial charge in [-0.3, -0.25) is 4.79 Å². The Labute approximate surface area is 116 Å². The molecule has 4 nitrogen and oxygen atoms in total. The van der Waals surface area contributed by atoms with E-state index in [0.717, 1.165) is 17.1 Å². The summed E-state index contributed by atoms with van der Waals surface area (Å²) in [7, 11) is 0. The first kappa shape index (κ1) is 13.8. The zero-order chi connectivity index (χ0) is 14.4. The van der Waals surface area contributed by atoms with E-state index in [9.17, 15) is 9.59 Å². The van der Waals surface area contributed by atoms with Crippen LogP contribution in [-0.4, -0.2) is 18.9 Å². The van der Waals surface area contributed by atoms with Crippen LogP contribution in [0.5, 0.6) is 5.75 Å². The number of hydrogen-bond donors (Lipinski definition) is 0. The number of carbonyl (C=O) groups excluding carboxylic acids is 2. The molecule has 0 saturated heterocycles. The number of benzene rings is 2. The molecule has 0 unspecified atom stereocenters. The summed E-state index contributed by atoms with van der Waals surface area (Å²) in [6, 6.07) is 11.1. The highest BCUT2D eigenvalue weighted by Crippen LogP contribution is 2.26. The number of hydrogen-bond acceptors (Lipinski definition) is 4. The van der Waals surface area contributed by atoms with Crippen molar-refractivity contribution in [3.8, 4) is 5.75 Å². The van der Waals surface area contributed by atoms with Crippen LogP contribution in [-0.2, 0) is 9.53 Å². The van der Waals surface area contributed by atoms with Gasteiger partial charge in [0.1, 0.15) is 5.75 Å². The molecule has 0 amide bonds. The van der Waals surface area contributed by atoms with Gasteiger partial charge < -0.3 is 9.47 Å². The fourth-order valence-corrected chi connectivity index (χ4v) is 1.85. The van der Waals surface area contributed by atoms with Crippen molar-refractivity contribution in [2.24, 2.45) is 0 Å². The third kappa shape index (κ3) is 3.03. The molecule has 0 aliphatic heterocycles. The second-order valence-electron chi connectivity index (χ2n) is 3.99. The molecule has 4 heteroatoms. The summed E-state index contributed by atoms with van der Waals surface area (Å²) in [5.41, 5.74) is 0.455. The smallest absolute Gasteiger partial charge is 0.333 e. The molecule has 0 bridgehead atoms. The topological polar surface area (TPSA) is 52.6 Å². The molecule has 0 radical (unpaired) electrons. The van der Waals surface area contributed by atoms with Crippen molar-refractivity contribution in [3.63, 3.8) is 0 Å². The Morgan fingerprint density at radius 2 is 2.00 bits per heavy atom. The maximum atomic E-state index is 11.2. The molecule has 0 saturated carbocycles. The maximum absolute atomic E-state index is 11.2. The lowest BCUT2D eigenvalue weighted by atomic mass is 10.0. The number of aldehydes is 1. The van der Waals surface area contributed by atoms with Crippen molar-refractivity contribution in [1.29, 1.82) is 0 Å². The fraction of sp³-hybridized carbons (Fsp3) is 0.125. The fourth-order valence-electron chi connectivity index (χ4n) is 1.85. The van der Waals surface area contributed by atoms with E-state index in [2.05, 4.69) is 0 Å². The van der Waals surface area contributed by atoms with Gasteiger partial charge in [0.05, 0.1) is 24.5 Å². The van der Waals surface area contributed by atoms with Crippen LogP contribution in [0.3, 0.4) is 0 Å². The summed E-state index contributed by atoms with van der Waals surface area (Å²) in [4.78, 5) is 22.4. The molecule has 2 rings (SSSR count). The first-order valence-corrected chi connectivity index (χ1v) is 6.23. The molecule has 0 fully saturated rings. The molecule has 2 aromatic carbocycles. The van der Waals surface area contributed by atoms with Crippen molar-refractivity contribution in [1.82, 2.24) is 0 Å². The normalized spacial score (nSPS) is 10.7. The summed E-state index contributed by atoms with van der Waals surface area (Å²) < 4.78 is 10.1. The lowest BCUT2D eigenvalue weighted by Crippen LogP contribution is -2.00. The van der Waals surface area contributed by atoms with E-state index in [1.165, 1.54) is 12.3 Å². The van der Waals surface area contributed by atoms with Gasteiger partial charge in [-0.2, -0.15) is 0 Å². The number of ether oxygens (including phenoxy) is 2. The molecule has 0 heterocycles. The summed E-state index contributed by atoms with van der Waals surface area (Å²) in [6.45, 7) is 2.03. The van der Waals surface area contributed by atoms with Crippen LogP contribution in [0.1, 0.15) is 17.3 Å². The van der Waals surface area contributed by atoms with E-state index in [1.54, 1.807) is 13.0 Å². The zero-order valence-electron chi connectivity index (χ0n) is 11.0. The SMILES string of the molecule is CCOC(=O)C=COc1ccc2ccccc2c1C=O. The highest BCUT2D eigenvalue weighted by Gasteiger charge is 2.07. The Morgan fingerprint density at radius 3 is 2.75 bits per heavy atom. The van der Waals surface area contributed by atoms with Crippen LogP contribution < -0.4 is 4.74 Å². The van der Waals surface area contributed by atoms with Gasteiger partial charge in [-0.25, -0.2) is 4.79 Å². The second-order valence-corrected chi connectivity index (χ2v) is 3.99. The van der Waals surface area contributed by atoms with Crippen molar-refractivity contribution >= 4 is 23.0 Å². The van der Waals surface area contributed by atoms with E-state index in [0.29, 0.717) is 17.9 Å². The molecule has 2 aromatic rings. The van der Waals surface area contributed by atoms with Gasteiger partial charge in [0, 0.05) is 0 Å². The predicted octanol–water partition coefficient (Wildman–Crippen LogP) is 3.11. The highest BCUT2D eigenvalue weighted by atomic mass is 16.5. The average molecular weight is 270 g/mol. The minimum Gasteiger partial charge on any atom is -0.464 e. The minimum absolute atomic E-state index is 0.304. The molecular weight excluding hydrogens is 256 g/mol. The molecule has 0 aliphatic rings. The van der Waals surface area contributed by atoms with Gasteiger partial charge in [-0.1, -0.05) is 30.3 Å². The summed E-state index contributed by atoms with van der Waals surface area (Å²) in [6.07, 6.45) is 3.14. The number of carbonyl (C=O) groups is 2. The predicted molar refractivity (Wildman–Crippen MR) is 75.7 cm³/mol. The lowest BCUT2D eigenvalue weighted by Gasteiger charge is -2.07. The van der Waals surface area contributed by atoms with Gasteiger partial charge in [-0.05, 0) is 23.8 Å². The summed E-state index contributed by atoms with van der Waals surface area (Å²) in [5, 5.41) is 1.76. The van der Waals surface area contributed by atoms with Crippen LogP contribution in [0.25, 0.3) is 10.8 Å². The number of esters is 1. The van der Waals surface area contributed by atoms with Crippen LogP contribution in [0.2, 0.25) is 0 Å². The summed E-state index contributed by atoms with van der Waals surface area (Å²) in [5.74, 6) is -0.0832. The summed E-state index contributed by atoms with van der Waals surface area (Å²) >= 11 is 0.